The smallest absolute Gasteiger partial charge is 0.195 e. The van der Waals surface area contributed by atoms with Gasteiger partial charge in [-0.15, -0.1) is 0 Å². The molecule has 0 saturated carbocycles. The van der Waals surface area contributed by atoms with Gasteiger partial charge in [-0.05, 0) is 30.7 Å². The summed E-state index contributed by atoms with van der Waals surface area (Å²) >= 11 is 0. The van der Waals surface area contributed by atoms with Crippen LogP contribution in [-0.2, 0) is 11.3 Å². The van der Waals surface area contributed by atoms with Gasteiger partial charge in [0.1, 0.15) is 17.4 Å². The number of anilines is 1. The fraction of sp³-hybridized carbons (Fsp3) is 0.318. The van der Waals surface area contributed by atoms with Crippen LogP contribution in [-0.4, -0.2) is 47.9 Å². The summed E-state index contributed by atoms with van der Waals surface area (Å²) in [6.07, 6.45) is 6.37. The SMILES string of the molecule is CN=C(NCc1ccc(-n2ccnc2C)nc1)Nc1cccc(OCCCOC)c1. The van der Waals surface area contributed by atoms with Crippen molar-refractivity contribution in [1.29, 1.82) is 0 Å². The molecule has 158 valence electrons. The van der Waals surface area contributed by atoms with Gasteiger partial charge in [-0.2, -0.15) is 0 Å². The molecule has 0 aliphatic carbocycles. The number of nitrogens with zero attached hydrogens (tertiary/aromatic N) is 4. The Morgan fingerprint density at radius 1 is 1.17 bits per heavy atom. The van der Waals surface area contributed by atoms with E-state index in [0.29, 0.717) is 25.7 Å². The van der Waals surface area contributed by atoms with Gasteiger partial charge in [-0.25, -0.2) is 9.97 Å². The third kappa shape index (κ3) is 6.05. The lowest BCUT2D eigenvalue weighted by Crippen LogP contribution is -2.30. The Bertz CT molecular complexity index is 952. The third-order valence-electron chi connectivity index (χ3n) is 4.42. The first-order valence-electron chi connectivity index (χ1n) is 9.84. The molecular formula is C22H28N6O2. The molecular weight excluding hydrogens is 380 g/mol. The van der Waals surface area contributed by atoms with Crippen LogP contribution in [0.2, 0.25) is 0 Å². The van der Waals surface area contributed by atoms with E-state index in [1.165, 1.54) is 0 Å². The maximum absolute atomic E-state index is 5.75. The molecule has 0 fully saturated rings. The number of benzene rings is 1. The molecule has 0 bridgehead atoms. The van der Waals surface area contributed by atoms with Gasteiger partial charge in [0.2, 0.25) is 0 Å². The first-order valence-corrected chi connectivity index (χ1v) is 9.84. The Morgan fingerprint density at radius 3 is 2.77 bits per heavy atom. The highest BCUT2D eigenvalue weighted by atomic mass is 16.5. The van der Waals surface area contributed by atoms with E-state index in [2.05, 4.69) is 25.6 Å². The number of rotatable bonds is 9. The molecule has 30 heavy (non-hydrogen) atoms. The van der Waals surface area contributed by atoms with Crippen molar-refractivity contribution in [3.63, 3.8) is 0 Å². The molecule has 0 spiro atoms. The number of hydrogen-bond acceptors (Lipinski definition) is 5. The average Bonchev–Trinajstić information content (AvgIpc) is 3.21. The highest BCUT2D eigenvalue weighted by Gasteiger charge is 2.04. The van der Waals surface area contributed by atoms with Crippen molar-refractivity contribution in [3.05, 3.63) is 66.4 Å². The highest BCUT2D eigenvalue weighted by molar-refractivity contribution is 5.93. The lowest BCUT2D eigenvalue weighted by molar-refractivity contribution is 0.172. The monoisotopic (exact) mass is 408 g/mol. The second kappa shape index (κ2) is 11.0. The van der Waals surface area contributed by atoms with Crippen molar-refractivity contribution in [2.45, 2.75) is 19.9 Å². The van der Waals surface area contributed by atoms with Crippen molar-refractivity contribution < 1.29 is 9.47 Å². The summed E-state index contributed by atoms with van der Waals surface area (Å²) in [5.74, 6) is 3.23. The van der Waals surface area contributed by atoms with Crippen molar-refractivity contribution in [3.8, 4) is 11.6 Å². The molecule has 0 radical (unpaired) electrons. The zero-order valence-corrected chi connectivity index (χ0v) is 17.6. The molecule has 2 N–H and O–H groups in total. The quantitative estimate of drug-likeness (QED) is 0.321. The number of nitrogens with one attached hydrogen (secondary N) is 2. The summed E-state index contributed by atoms with van der Waals surface area (Å²) in [6, 6.07) is 11.8. The van der Waals surface area contributed by atoms with Crippen LogP contribution in [0.5, 0.6) is 5.75 Å². The summed E-state index contributed by atoms with van der Waals surface area (Å²) < 4.78 is 12.7. The van der Waals surface area contributed by atoms with Gasteiger partial charge in [0.15, 0.2) is 5.96 Å². The van der Waals surface area contributed by atoms with Gasteiger partial charge in [-0.1, -0.05) is 12.1 Å². The van der Waals surface area contributed by atoms with Gasteiger partial charge >= 0.3 is 0 Å². The zero-order chi connectivity index (χ0) is 21.2. The number of aliphatic imine (C=N–C) groups is 1. The minimum Gasteiger partial charge on any atom is -0.493 e. The summed E-state index contributed by atoms with van der Waals surface area (Å²) in [4.78, 5) is 13.0. The van der Waals surface area contributed by atoms with Crippen LogP contribution < -0.4 is 15.4 Å². The molecule has 0 aliphatic heterocycles. The maximum atomic E-state index is 5.75. The number of guanidine groups is 1. The standard InChI is InChI=1S/C22H28N6O2/c1-17-24-10-11-28(17)21-9-8-18(15-25-21)16-26-22(23-2)27-19-6-4-7-20(14-19)30-13-5-12-29-3/h4,6-11,14-15H,5,12-13,16H2,1-3H3,(H2,23,26,27). The van der Waals surface area contributed by atoms with E-state index in [9.17, 15) is 0 Å². The molecule has 2 aromatic heterocycles. The number of aryl methyl sites for hydroxylation is 1. The molecule has 8 heteroatoms. The molecule has 8 nitrogen and oxygen atoms in total. The summed E-state index contributed by atoms with van der Waals surface area (Å²) in [5, 5.41) is 6.59. The van der Waals surface area contributed by atoms with Gasteiger partial charge in [0.25, 0.3) is 0 Å². The number of pyridine rings is 1. The number of ether oxygens (including phenoxy) is 2. The Labute approximate surface area is 177 Å². The topological polar surface area (TPSA) is 85.6 Å². The molecule has 0 unspecified atom stereocenters. The molecule has 0 aliphatic rings. The maximum Gasteiger partial charge on any atom is 0.195 e. The number of aromatic nitrogens is 3. The van der Waals surface area contributed by atoms with Crippen molar-refractivity contribution in [2.75, 3.05) is 32.7 Å². The summed E-state index contributed by atoms with van der Waals surface area (Å²) in [5.41, 5.74) is 1.95. The number of imidazole rings is 1. The van der Waals surface area contributed by atoms with E-state index in [0.717, 1.165) is 35.1 Å². The zero-order valence-electron chi connectivity index (χ0n) is 17.6. The van der Waals surface area contributed by atoms with Gasteiger partial charge in [-0.3, -0.25) is 9.56 Å². The molecule has 1 aromatic carbocycles. The van der Waals surface area contributed by atoms with Crippen molar-refractivity contribution >= 4 is 11.6 Å². The second-order valence-electron chi connectivity index (χ2n) is 6.64. The fourth-order valence-electron chi connectivity index (χ4n) is 2.84. The molecule has 3 rings (SSSR count). The molecule has 3 aromatic rings. The average molecular weight is 409 g/mol. The van der Waals surface area contributed by atoms with E-state index >= 15 is 0 Å². The predicted octanol–water partition coefficient (Wildman–Crippen LogP) is 3.18. The Kier molecular flexibility index (Phi) is 7.79. The van der Waals surface area contributed by atoms with E-state index in [1.54, 1.807) is 20.4 Å². The minimum absolute atomic E-state index is 0.600. The summed E-state index contributed by atoms with van der Waals surface area (Å²) in [6.45, 7) is 3.85. The first-order chi connectivity index (χ1) is 14.7. The third-order valence-corrected chi connectivity index (χ3v) is 4.42. The fourth-order valence-corrected chi connectivity index (χ4v) is 2.84. The van der Waals surface area contributed by atoms with Crippen molar-refractivity contribution in [2.24, 2.45) is 4.99 Å². The highest BCUT2D eigenvalue weighted by Crippen LogP contribution is 2.17. The van der Waals surface area contributed by atoms with E-state index in [1.807, 2.05) is 60.3 Å². The van der Waals surface area contributed by atoms with Crippen LogP contribution in [0.15, 0.2) is 60.0 Å². The van der Waals surface area contributed by atoms with Gasteiger partial charge in [0.05, 0.1) is 6.61 Å². The lowest BCUT2D eigenvalue weighted by atomic mass is 10.3. The second-order valence-corrected chi connectivity index (χ2v) is 6.64. The van der Waals surface area contributed by atoms with E-state index in [-0.39, 0.29) is 0 Å². The Hall–Kier alpha value is -3.39. The van der Waals surface area contributed by atoms with Crippen LogP contribution in [0.1, 0.15) is 17.8 Å². The molecule has 0 atom stereocenters. The molecule has 0 saturated heterocycles. The van der Waals surface area contributed by atoms with Crippen LogP contribution in [0, 0.1) is 6.92 Å². The Morgan fingerprint density at radius 2 is 2.07 bits per heavy atom. The molecule has 2 heterocycles. The largest absolute Gasteiger partial charge is 0.493 e. The van der Waals surface area contributed by atoms with E-state index in [4.69, 9.17) is 9.47 Å². The normalized spacial score (nSPS) is 11.4. The number of hydrogen-bond donors (Lipinski definition) is 2. The number of methoxy groups -OCH3 is 1. The van der Waals surface area contributed by atoms with Gasteiger partial charge in [0, 0.05) is 64.1 Å². The van der Waals surface area contributed by atoms with Crippen LogP contribution in [0.3, 0.4) is 0 Å². The molecule has 0 amide bonds. The lowest BCUT2D eigenvalue weighted by Gasteiger charge is -2.13. The predicted molar refractivity (Wildman–Crippen MR) is 118 cm³/mol. The van der Waals surface area contributed by atoms with Crippen molar-refractivity contribution in [1.82, 2.24) is 19.9 Å². The first kappa shape index (κ1) is 21.3. The Balaban J connectivity index is 1.53. The minimum atomic E-state index is 0.600. The van der Waals surface area contributed by atoms with Crippen LogP contribution in [0.25, 0.3) is 5.82 Å². The van der Waals surface area contributed by atoms with Gasteiger partial charge < -0.3 is 20.1 Å². The van der Waals surface area contributed by atoms with Crippen LogP contribution >= 0.6 is 0 Å². The van der Waals surface area contributed by atoms with E-state index < -0.39 is 0 Å². The summed E-state index contributed by atoms with van der Waals surface area (Å²) in [7, 11) is 3.43. The van der Waals surface area contributed by atoms with Crippen LogP contribution in [0.4, 0.5) is 5.69 Å².